The average Bonchev–Trinajstić information content (AvgIpc) is 3.56. The third-order valence-corrected chi connectivity index (χ3v) is 7.83. The van der Waals surface area contributed by atoms with E-state index in [0.29, 0.717) is 13.2 Å². The van der Waals surface area contributed by atoms with Crippen molar-refractivity contribution in [1.82, 2.24) is 0 Å². The van der Waals surface area contributed by atoms with Gasteiger partial charge in [0.05, 0.1) is 26.4 Å². The van der Waals surface area contributed by atoms with Crippen LogP contribution in [0.3, 0.4) is 0 Å². The minimum Gasteiger partial charge on any atom is -0.431 e. The first-order chi connectivity index (χ1) is 21.4. The first kappa shape index (κ1) is 34.2. The topological polar surface area (TPSA) is 150 Å². The minimum atomic E-state index is -1.24. The van der Waals surface area contributed by atoms with Crippen molar-refractivity contribution < 1.29 is 62.4 Å². The summed E-state index contributed by atoms with van der Waals surface area (Å²) in [5.74, 6) is 0. The molecule has 5 rings (SSSR count). The highest BCUT2D eigenvalue weighted by Crippen LogP contribution is 2.39. The number of hydrogen-bond donors (Lipinski definition) is 2. The Morgan fingerprint density at radius 1 is 0.682 bits per heavy atom. The molecule has 3 heterocycles. The molecule has 3 saturated heterocycles. The average molecular weight is 623 g/mol. The molecule has 3 aliphatic heterocycles. The van der Waals surface area contributed by atoms with E-state index >= 15 is 0 Å². The molecule has 6 atom stereocenters. The minimum absolute atomic E-state index is 0.0327. The van der Waals surface area contributed by atoms with E-state index in [1.165, 1.54) is 21.3 Å². The zero-order valence-corrected chi connectivity index (χ0v) is 25.4. The second kappa shape index (κ2) is 16.0. The second-order valence-corrected chi connectivity index (χ2v) is 10.6. The number of hydrogen-bond acceptors (Lipinski definition) is 13. The number of cyclic esters (lactones) is 2. The Bertz CT molecular complexity index is 1120. The summed E-state index contributed by atoms with van der Waals surface area (Å²) in [7, 11) is 6.09. The Balaban J connectivity index is 0.000000202. The highest BCUT2D eigenvalue weighted by atomic mass is 16.8. The number of rotatable bonds is 12. The van der Waals surface area contributed by atoms with Crippen LogP contribution in [-0.4, -0.2) is 119 Å². The van der Waals surface area contributed by atoms with E-state index in [1.807, 2.05) is 60.7 Å². The van der Waals surface area contributed by atoms with Crippen molar-refractivity contribution in [2.45, 2.75) is 61.4 Å². The fraction of sp³-hybridized carbons (Fsp3) is 0.581. The fourth-order valence-electron chi connectivity index (χ4n) is 5.45. The van der Waals surface area contributed by atoms with Gasteiger partial charge in [-0.2, -0.15) is 0 Å². The highest BCUT2D eigenvalue weighted by Gasteiger charge is 2.60. The Hall–Kier alpha value is -2.69. The van der Waals surface area contributed by atoms with E-state index in [0.717, 1.165) is 11.1 Å². The van der Waals surface area contributed by atoms with Crippen LogP contribution in [0.25, 0.3) is 0 Å². The lowest BCUT2D eigenvalue weighted by Crippen LogP contribution is -2.55. The van der Waals surface area contributed by atoms with Gasteiger partial charge in [-0.3, -0.25) is 0 Å². The van der Waals surface area contributed by atoms with Gasteiger partial charge in [-0.1, -0.05) is 60.7 Å². The van der Waals surface area contributed by atoms with Crippen LogP contribution in [0.5, 0.6) is 0 Å². The molecule has 13 heteroatoms. The van der Waals surface area contributed by atoms with Crippen molar-refractivity contribution in [3.63, 3.8) is 0 Å². The fourth-order valence-corrected chi connectivity index (χ4v) is 5.45. The summed E-state index contributed by atoms with van der Waals surface area (Å²) in [5, 5.41) is 19.3. The van der Waals surface area contributed by atoms with Gasteiger partial charge in [0, 0.05) is 28.4 Å². The number of aliphatic hydroxyl groups excluding tert-OH is 2. The van der Waals surface area contributed by atoms with E-state index in [4.69, 9.17) is 47.4 Å². The SMILES string of the molecule is COC1OC(CO)(CO)C(OCc2ccccc2)C1OC.COC1OC2(COC(=O)OC2)C(OCc2ccccc2)C1OC. The summed E-state index contributed by atoms with van der Waals surface area (Å²) < 4.78 is 54.9. The molecule has 2 N–H and O–H groups in total. The zero-order valence-electron chi connectivity index (χ0n) is 25.4. The molecule has 2 aromatic rings. The van der Waals surface area contributed by atoms with Gasteiger partial charge in [-0.25, -0.2) is 4.79 Å². The Labute approximate surface area is 256 Å². The Morgan fingerprint density at radius 2 is 1.14 bits per heavy atom. The lowest BCUT2D eigenvalue weighted by Gasteiger charge is -2.36. The first-order valence-electron chi connectivity index (χ1n) is 14.2. The van der Waals surface area contributed by atoms with Gasteiger partial charge < -0.3 is 57.6 Å². The molecule has 0 radical (unpaired) electrons. The van der Waals surface area contributed by atoms with Crippen LogP contribution < -0.4 is 0 Å². The van der Waals surface area contributed by atoms with E-state index in [9.17, 15) is 15.0 Å². The van der Waals surface area contributed by atoms with Crippen LogP contribution in [0.15, 0.2) is 60.7 Å². The third-order valence-electron chi connectivity index (χ3n) is 7.83. The van der Waals surface area contributed by atoms with E-state index in [2.05, 4.69) is 0 Å². The molecule has 3 aliphatic rings. The molecule has 0 aliphatic carbocycles. The summed E-state index contributed by atoms with van der Waals surface area (Å²) in [6.07, 6.45) is -4.15. The maximum absolute atomic E-state index is 11.2. The van der Waals surface area contributed by atoms with Crippen molar-refractivity contribution >= 4 is 6.16 Å². The van der Waals surface area contributed by atoms with Crippen LogP contribution in [0.2, 0.25) is 0 Å². The van der Waals surface area contributed by atoms with Gasteiger partial charge in [-0.05, 0) is 11.1 Å². The summed E-state index contributed by atoms with van der Waals surface area (Å²) >= 11 is 0. The van der Waals surface area contributed by atoms with Gasteiger partial charge in [0.1, 0.15) is 43.2 Å². The quantitative estimate of drug-likeness (QED) is 0.332. The van der Waals surface area contributed by atoms with Crippen molar-refractivity contribution in [2.75, 3.05) is 54.9 Å². The van der Waals surface area contributed by atoms with Crippen molar-refractivity contribution in [2.24, 2.45) is 0 Å². The van der Waals surface area contributed by atoms with E-state index < -0.39 is 54.4 Å². The maximum atomic E-state index is 11.2. The lowest BCUT2D eigenvalue weighted by atomic mass is 9.96. The number of carbonyl (C=O) groups excluding carboxylic acids is 1. The van der Waals surface area contributed by atoms with Crippen molar-refractivity contribution in [3.8, 4) is 0 Å². The number of ether oxygens (including phenoxy) is 10. The zero-order chi connectivity index (χ0) is 31.6. The summed E-state index contributed by atoms with van der Waals surface area (Å²) in [6, 6.07) is 19.4. The first-order valence-corrected chi connectivity index (χ1v) is 14.2. The molecule has 44 heavy (non-hydrogen) atoms. The molecule has 6 unspecified atom stereocenters. The summed E-state index contributed by atoms with van der Waals surface area (Å²) in [4.78, 5) is 11.2. The number of benzene rings is 2. The molecule has 1 spiro atoms. The lowest BCUT2D eigenvalue weighted by molar-refractivity contribution is -0.221. The molecule has 244 valence electrons. The third kappa shape index (κ3) is 7.57. The molecule has 13 nitrogen and oxygen atoms in total. The van der Waals surface area contributed by atoms with Crippen molar-refractivity contribution in [3.05, 3.63) is 71.8 Å². The number of methoxy groups -OCH3 is 4. The summed E-state index contributed by atoms with van der Waals surface area (Å²) in [5.41, 5.74) is -0.176. The van der Waals surface area contributed by atoms with Crippen LogP contribution in [0.1, 0.15) is 11.1 Å². The monoisotopic (exact) mass is 622 g/mol. The van der Waals surface area contributed by atoms with Gasteiger partial charge in [0.2, 0.25) is 0 Å². The molecule has 0 bridgehead atoms. The molecule has 0 amide bonds. The van der Waals surface area contributed by atoms with Gasteiger partial charge in [-0.15, -0.1) is 0 Å². The van der Waals surface area contributed by atoms with Gasteiger partial charge in [0.15, 0.2) is 18.2 Å². The molecule has 0 aromatic heterocycles. The molecular weight excluding hydrogens is 580 g/mol. The molecular formula is C31H42O13. The maximum Gasteiger partial charge on any atom is 0.508 e. The van der Waals surface area contributed by atoms with Gasteiger partial charge in [0.25, 0.3) is 0 Å². The standard InChI is InChI=1S/C16H20O7.C15H22O6/c1-18-12-13(20-8-11-6-4-3-5-7-11)16(23-14(12)19-2)9-21-15(17)22-10-16;1-18-12-13(20-8-11-6-4-3-5-7-11)15(9-16,10-17)21-14(12)19-2/h3-7,12-14H,8-10H2,1-2H3;3-7,12-14,16-17H,8-10H2,1-2H3. The Kier molecular flexibility index (Phi) is 12.5. The van der Waals surface area contributed by atoms with E-state index in [1.54, 1.807) is 7.11 Å². The molecule has 2 aromatic carbocycles. The van der Waals surface area contributed by atoms with Crippen LogP contribution in [0, 0.1) is 0 Å². The molecule has 0 saturated carbocycles. The largest absolute Gasteiger partial charge is 0.508 e. The van der Waals surface area contributed by atoms with Crippen LogP contribution in [0.4, 0.5) is 4.79 Å². The number of aliphatic hydroxyl groups is 2. The highest BCUT2D eigenvalue weighted by molar-refractivity contribution is 5.61. The predicted octanol–water partition coefficient (Wildman–Crippen LogP) is 1.81. The molecule has 3 fully saturated rings. The number of carbonyl (C=O) groups is 1. The van der Waals surface area contributed by atoms with Crippen LogP contribution in [-0.2, 0) is 60.6 Å². The van der Waals surface area contributed by atoms with Gasteiger partial charge >= 0.3 is 6.16 Å². The van der Waals surface area contributed by atoms with E-state index in [-0.39, 0.29) is 26.4 Å². The Morgan fingerprint density at radius 3 is 1.59 bits per heavy atom. The normalized spacial score (nSPS) is 28.6. The van der Waals surface area contributed by atoms with Crippen molar-refractivity contribution in [1.29, 1.82) is 0 Å². The van der Waals surface area contributed by atoms with Crippen LogP contribution >= 0.6 is 0 Å². The smallest absolute Gasteiger partial charge is 0.431 e. The predicted molar refractivity (Wildman–Crippen MR) is 152 cm³/mol. The summed E-state index contributed by atoms with van der Waals surface area (Å²) in [6.45, 7) is -0.00482. The second-order valence-electron chi connectivity index (χ2n) is 10.6.